The van der Waals surface area contributed by atoms with Crippen LogP contribution in [0.2, 0.25) is 0 Å². The molecule has 0 spiro atoms. The van der Waals surface area contributed by atoms with Crippen molar-refractivity contribution in [3.63, 3.8) is 0 Å². The molecule has 0 aliphatic rings. The first-order valence-corrected chi connectivity index (χ1v) is 18.4. The Bertz CT molecular complexity index is 510. The molecule has 42 heavy (non-hydrogen) atoms. The molecule has 0 amide bonds. The molecule has 256 valence electrons. The SMILES string of the molecule is CC(=O)[C@@H](C)CCCC(C)C.CC(=O)[C@H](C)CCCC(C)C.CC[C@@H](C)CCCC(C)C.CC[C@H](C)CCCC(C)C. The van der Waals surface area contributed by atoms with Crippen LogP contribution in [0.3, 0.4) is 0 Å². The molecular formula is C40H84O2. The van der Waals surface area contributed by atoms with Gasteiger partial charge in [-0.15, -0.1) is 0 Å². The van der Waals surface area contributed by atoms with Gasteiger partial charge in [0.1, 0.15) is 11.6 Å². The second-order valence-electron chi connectivity index (χ2n) is 15.3. The third-order valence-electron chi connectivity index (χ3n) is 8.58. The smallest absolute Gasteiger partial charge is 0.132 e. The van der Waals surface area contributed by atoms with Crippen molar-refractivity contribution in [2.24, 2.45) is 47.3 Å². The number of carbonyl (C=O) groups excluding carboxylic acids is 2. The molecule has 0 N–H and O–H groups in total. The van der Waals surface area contributed by atoms with Crippen molar-refractivity contribution in [3.8, 4) is 0 Å². The molecule has 0 saturated heterocycles. The Morgan fingerprint density at radius 2 is 0.595 bits per heavy atom. The first-order valence-electron chi connectivity index (χ1n) is 18.4. The molecule has 0 rings (SSSR count). The molecule has 4 atom stereocenters. The topological polar surface area (TPSA) is 34.1 Å². The van der Waals surface area contributed by atoms with E-state index in [2.05, 4.69) is 83.1 Å². The quantitative estimate of drug-likeness (QED) is 0.140. The van der Waals surface area contributed by atoms with Crippen molar-refractivity contribution < 1.29 is 9.59 Å². The van der Waals surface area contributed by atoms with Gasteiger partial charge in [0.15, 0.2) is 0 Å². The molecule has 0 aromatic heterocycles. The van der Waals surface area contributed by atoms with Crippen molar-refractivity contribution in [3.05, 3.63) is 0 Å². The summed E-state index contributed by atoms with van der Waals surface area (Å²) in [7, 11) is 0. The number of hydrogen-bond donors (Lipinski definition) is 0. The van der Waals surface area contributed by atoms with Gasteiger partial charge >= 0.3 is 0 Å². The van der Waals surface area contributed by atoms with E-state index in [1.165, 1.54) is 77.0 Å². The van der Waals surface area contributed by atoms with Gasteiger partial charge in [-0.1, -0.05) is 174 Å². The Hall–Kier alpha value is -0.660. The Labute approximate surface area is 268 Å². The van der Waals surface area contributed by atoms with E-state index in [0.29, 0.717) is 11.6 Å². The van der Waals surface area contributed by atoms with Gasteiger partial charge in [0.2, 0.25) is 0 Å². The monoisotopic (exact) mass is 597 g/mol. The summed E-state index contributed by atoms with van der Waals surface area (Å²) in [6, 6.07) is 0. The van der Waals surface area contributed by atoms with Crippen LogP contribution in [-0.4, -0.2) is 11.6 Å². The second kappa shape index (κ2) is 33.2. The molecule has 0 bridgehead atoms. The molecule has 0 radical (unpaired) electrons. The van der Waals surface area contributed by atoms with Gasteiger partial charge in [-0.2, -0.15) is 0 Å². The van der Waals surface area contributed by atoms with Crippen molar-refractivity contribution in [2.45, 2.75) is 201 Å². The van der Waals surface area contributed by atoms with Gasteiger partial charge in [-0.05, 0) is 62.2 Å². The number of ketones is 2. The lowest BCUT2D eigenvalue weighted by atomic mass is 9.97. The van der Waals surface area contributed by atoms with Gasteiger partial charge < -0.3 is 0 Å². The van der Waals surface area contributed by atoms with Crippen LogP contribution in [0.5, 0.6) is 0 Å². The van der Waals surface area contributed by atoms with Crippen molar-refractivity contribution in [1.82, 2.24) is 0 Å². The maximum Gasteiger partial charge on any atom is 0.132 e. The lowest BCUT2D eigenvalue weighted by Gasteiger charge is -2.08. The Morgan fingerprint density at radius 1 is 0.381 bits per heavy atom. The van der Waals surface area contributed by atoms with E-state index in [1.807, 2.05) is 13.8 Å². The maximum atomic E-state index is 10.8. The number of Topliss-reactive ketones (excluding diaryl/α,β-unsaturated/α-hetero) is 2. The number of carbonyl (C=O) groups is 2. The van der Waals surface area contributed by atoms with Crippen LogP contribution in [-0.2, 0) is 9.59 Å². The van der Waals surface area contributed by atoms with Crippen LogP contribution < -0.4 is 0 Å². The summed E-state index contributed by atoms with van der Waals surface area (Å²) in [5.41, 5.74) is 0. The highest BCUT2D eigenvalue weighted by Crippen LogP contribution is 2.16. The van der Waals surface area contributed by atoms with E-state index in [1.54, 1.807) is 13.8 Å². The molecule has 0 aromatic carbocycles. The normalized spacial score (nSPS) is 13.8. The van der Waals surface area contributed by atoms with Gasteiger partial charge in [-0.3, -0.25) is 9.59 Å². The van der Waals surface area contributed by atoms with E-state index < -0.39 is 0 Å². The zero-order valence-corrected chi connectivity index (χ0v) is 32.3. The molecule has 0 aliphatic heterocycles. The fourth-order valence-electron chi connectivity index (χ4n) is 4.23. The van der Waals surface area contributed by atoms with Crippen LogP contribution in [0.4, 0.5) is 0 Å². The van der Waals surface area contributed by atoms with Gasteiger partial charge in [0.25, 0.3) is 0 Å². The summed E-state index contributed by atoms with van der Waals surface area (Å²) < 4.78 is 0. The van der Waals surface area contributed by atoms with Crippen molar-refractivity contribution in [2.75, 3.05) is 0 Å². The molecular weight excluding hydrogens is 512 g/mol. The zero-order chi connectivity index (χ0) is 33.7. The predicted octanol–water partition coefficient (Wildman–Crippen LogP) is 13.8. The van der Waals surface area contributed by atoms with E-state index in [0.717, 1.165) is 48.3 Å². The van der Waals surface area contributed by atoms with Crippen molar-refractivity contribution >= 4 is 11.6 Å². The third kappa shape index (κ3) is 46.3. The predicted molar refractivity (Wildman–Crippen MR) is 193 cm³/mol. The maximum absolute atomic E-state index is 10.8. The van der Waals surface area contributed by atoms with Crippen molar-refractivity contribution in [1.29, 1.82) is 0 Å². The van der Waals surface area contributed by atoms with Gasteiger partial charge in [-0.25, -0.2) is 0 Å². The summed E-state index contributed by atoms with van der Waals surface area (Å²) in [6.07, 6.45) is 18.2. The van der Waals surface area contributed by atoms with E-state index in [9.17, 15) is 9.59 Å². The summed E-state index contributed by atoms with van der Waals surface area (Å²) in [4.78, 5) is 21.6. The van der Waals surface area contributed by atoms with Crippen LogP contribution in [0.1, 0.15) is 201 Å². The molecule has 2 nitrogen and oxygen atoms in total. The van der Waals surface area contributed by atoms with Gasteiger partial charge in [0.05, 0.1) is 0 Å². The lowest BCUT2D eigenvalue weighted by molar-refractivity contribution is -0.121. The lowest BCUT2D eigenvalue weighted by Crippen LogP contribution is -2.06. The minimum atomic E-state index is 0.272. The Morgan fingerprint density at radius 3 is 0.762 bits per heavy atom. The standard InChI is InChI=1S/2C10H20O.2C10H22/c2*1-8(2)6-5-7-9(3)10(4)11;2*1-5-10(4)8-6-7-9(2)3/h2*8-9H,5-7H2,1-4H3;2*9-10H,5-8H2,1-4H3/t2*9-;2*10-/m1010/s1. The Kier molecular flexibility index (Phi) is 38.2. The summed E-state index contributed by atoms with van der Waals surface area (Å²) in [5, 5.41) is 0. The Balaban J connectivity index is -0.000000229. The van der Waals surface area contributed by atoms with Crippen LogP contribution in [0.15, 0.2) is 0 Å². The van der Waals surface area contributed by atoms with Crippen LogP contribution in [0.25, 0.3) is 0 Å². The summed E-state index contributed by atoms with van der Waals surface area (Å²) in [5.74, 6) is 6.42. The average molecular weight is 597 g/mol. The van der Waals surface area contributed by atoms with E-state index in [4.69, 9.17) is 0 Å². The van der Waals surface area contributed by atoms with Crippen LogP contribution >= 0.6 is 0 Å². The molecule has 0 saturated carbocycles. The summed E-state index contributed by atoms with van der Waals surface area (Å²) in [6.45, 7) is 34.7. The largest absolute Gasteiger partial charge is 0.300 e. The number of hydrogen-bond acceptors (Lipinski definition) is 2. The molecule has 0 aliphatic carbocycles. The molecule has 2 heteroatoms. The second-order valence-corrected chi connectivity index (χ2v) is 15.3. The molecule has 0 fully saturated rings. The summed E-state index contributed by atoms with van der Waals surface area (Å²) >= 11 is 0. The van der Waals surface area contributed by atoms with E-state index in [-0.39, 0.29) is 11.8 Å². The van der Waals surface area contributed by atoms with Gasteiger partial charge in [0, 0.05) is 11.8 Å². The minimum absolute atomic E-state index is 0.272. The van der Waals surface area contributed by atoms with Crippen LogP contribution in [0, 0.1) is 47.3 Å². The zero-order valence-electron chi connectivity index (χ0n) is 32.3. The minimum Gasteiger partial charge on any atom is -0.300 e. The fraction of sp³-hybridized carbons (Fsp3) is 0.950. The third-order valence-corrected chi connectivity index (χ3v) is 8.58. The highest BCUT2D eigenvalue weighted by Gasteiger charge is 2.07. The first-order chi connectivity index (χ1) is 19.4. The highest BCUT2D eigenvalue weighted by atomic mass is 16.1. The van der Waals surface area contributed by atoms with E-state index >= 15 is 0 Å². The first kappa shape index (κ1) is 48.2. The highest BCUT2D eigenvalue weighted by molar-refractivity contribution is 5.78. The molecule has 0 aromatic rings. The number of rotatable bonds is 20. The fourth-order valence-corrected chi connectivity index (χ4v) is 4.23. The molecule has 0 unspecified atom stereocenters. The molecule has 0 heterocycles. The average Bonchev–Trinajstić information content (AvgIpc) is 2.88.